The zero-order valence-electron chi connectivity index (χ0n) is 11.7. The first kappa shape index (κ1) is 16.0. The number of rotatable bonds is 5. The summed E-state index contributed by atoms with van der Waals surface area (Å²) in [6.45, 7) is -0.334. The van der Waals surface area contributed by atoms with Gasteiger partial charge >= 0.3 is 5.97 Å². The van der Waals surface area contributed by atoms with Gasteiger partial charge in [0.15, 0.2) is 6.61 Å². The number of hydrogen-bond donors (Lipinski definition) is 1. The van der Waals surface area contributed by atoms with Gasteiger partial charge in [-0.25, -0.2) is 4.79 Å². The van der Waals surface area contributed by atoms with Crippen molar-refractivity contribution in [2.45, 2.75) is 0 Å². The Bertz CT molecular complexity index is 683. The molecule has 0 atom stereocenters. The molecule has 0 unspecified atom stereocenters. The number of carbonyl (C=O) groups is 2. The molecule has 2 rings (SSSR count). The minimum Gasteiger partial charge on any atom is -0.452 e. The van der Waals surface area contributed by atoms with E-state index in [1.54, 1.807) is 18.2 Å². The van der Waals surface area contributed by atoms with Crippen molar-refractivity contribution >= 4 is 39.6 Å². The topological polar surface area (TPSA) is 55.4 Å². The number of amides is 1. The molecule has 0 aliphatic rings. The molecule has 4 nitrogen and oxygen atoms in total. The summed E-state index contributed by atoms with van der Waals surface area (Å²) < 4.78 is 5.65. The Kier molecular flexibility index (Phi) is 5.91. The summed E-state index contributed by atoms with van der Waals surface area (Å²) in [4.78, 5) is 23.3. The first-order chi connectivity index (χ1) is 10.6. The van der Waals surface area contributed by atoms with Crippen LogP contribution in [-0.4, -0.2) is 18.5 Å². The van der Waals surface area contributed by atoms with E-state index in [0.717, 1.165) is 10.0 Å². The molecule has 0 fully saturated rings. The number of para-hydroxylation sites is 1. The molecule has 0 bridgehead atoms. The molecule has 2 aromatic carbocycles. The van der Waals surface area contributed by atoms with Crippen LogP contribution in [0.4, 0.5) is 5.69 Å². The maximum Gasteiger partial charge on any atom is 0.331 e. The fourth-order valence-electron chi connectivity index (χ4n) is 1.66. The SMILES string of the molecule is O=C(COC(=O)C=Cc1ccccc1)Nc1ccccc1Br. The lowest BCUT2D eigenvalue weighted by Gasteiger charge is -2.06. The Labute approximate surface area is 136 Å². The van der Waals surface area contributed by atoms with Crippen LogP contribution in [0.15, 0.2) is 65.1 Å². The first-order valence-electron chi connectivity index (χ1n) is 6.59. The van der Waals surface area contributed by atoms with Crippen molar-refractivity contribution in [2.75, 3.05) is 11.9 Å². The van der Waals surface area contributed by atoms with Crippen LogP contribution in [0.2, 0.25) is 0 Å². The van der Waals surface area contributed by atoms with Crippen molar-refractivity contribution in [2.24, 2.45) is 0 Å². The number of carbonyl (C=O) groups excluding carboxylic acids is 2. The van der Waals surface area contributed by atoms with Crippen LogP contribution in [0, 0.1) is 0 Å². The molecule has 0 aromatic heterocycles. The molecule has 0 spiro atoms. The van der Waals surface area contributed by atoms with E-state index >= 15 is 0 Å². The normalized spacial score (nSPS) is 10.4. The minimum absolute atomic E-state index is 0.334. The third-order valence-corrected chi connectivity index (χ3v) is 3.40. The number of nitrogens with one attached hydrogen (secondary N) is 1. The second-order valence-corrected chi connectivity index (χ2v) is 5.23. The van der Waals surface area contributed by atoms with Gasteiger partial charge in [-0.3, -0.25) is 4.79 Å². The number of anilines is 1. The Balaban J connectivity index is 1.80. The van der Waals surface area contributed by atoms with Gasteiger partial charge < -0.3 is 10.1 Å². The highest BCUT2D eigenvalue weighted by Crippen LogP contribution is 2.20. The van der Waals surface area contributed by atoms with E-state index in [-0.39, 0.29) is 6.61 Å². The van der Waals surface area contributed by atoms with Crippen LogP contribution in [0.25, 0.3) is 6.08 Å². The first-order valence-corrected chi connectivity index (χ1v) is 7.39. The van der Waals surface area contributed by atoms with E-state index in [4.69, 9.17) is 4.74 Å². The van der Waals surface area contributed by atoms with Crippen molar-refractivity contribution < 1.29 is 14.3 Å². The molecule has 0 radical (unpaired) electrons. The van der Waals surface area contributed by atoms with Gasteiger partial charge in [-0.2, -0.15) is 0 Å². The summed E-state index contributed by atoms with van der Waals surface area (Å²) in [5.41, 5.74) is 1.51. The monoisotopic (exact) mass is 359 g/mol. The van der Waals surface area contributed by atoms with Gasteiger partial charge in [-0.05, 0) is 39.7 Å². The number of esters is 1. The van der Waals surface area contributed by atoms with Gasteiger partial charge in [0.25, 0.3) is 5.91 Å². The molecule has 0 saturated carbocycles. The molecule has 1 amide bonds. The Morgan fingerprint density at radius 3 is 2.45 bits per heavy atom. The largest absolute Gasteiger partial charge is 0.452 e. The Morgan fingerprint density at radius 2 is 1.73 bits per heavy atom. The van der Waals surface area contributed by atoms with Crippen LogP contribution in [0.1, 0.15) is 5.56 Å². The van der Waals surface area contributed by atoms with E-state index in [2.05, 4.69) is 21.2 Å². The molecule has 1 N–H and O–H groups in total. The second-order valence-electron chi connectivity index (χ2n) is 4.38. The van der Waals surface area contributed by atoms with Gasteiger partial charge in [0.2, 0.25) is 0 Å². The van der Waals surface area contributed by atoms with Crippen molar-refractivity contribution in [3.63, 3.8) is 0 Å². The lowest BCUT2D eigenvalue weighted by Crippen LogP contribution is -2.20. The third-order valence-electron chi connectivity index (χ3n) is 2.70. The second kappa shape index (κ2) is 8.14. The summed E-state index contributed by atoms with van der Waals surface area (Å²) in [7, 11) is 0. The van der Waals surface area contributed by atoms with Crippen molar-refractivity contribution in [3.8, 4) is 0 Å². The maximum atomic E-state index is 11.7. The van der Waals surface area contributed by atoms with Crippen molar-refractivity contribution in [1.29, 1.82) is 0 Å². The number of hydrogen-bond acceptors (Lipinski definition) is 3. The van der Waals surface area contributed by atoms with Crippen LogP contribution >= 0.6 is 15.9 Å². The highest BCUT2D eigenvalue weighted by atomic mass is 79.9. The predicted octanol–water partition coefficient (Wildman–Crippen LogP) is 3.64. The molecule has 0 aliphatic carbocycles. The van der Waals surface area contributed by atoms with Gasteiger partial charge in [0.05, 0.1) is 5.69 Å². The number of halogens is 1. The van der Waals surface area contributed by atoms with Crippen LogP contribution in [0.3, 0.4) is 0 Å². The van der Waals surface area contributed by atoms with Gasteiger partial charge in [-0.1, -0.05) is 42.5 Å². The number of ether oxygens (including phenoxy) is 1. The molecule has 0 heterocycles. The molecule has 0 saturated heterocycles. The minimum atomic E-state index is -0.564. The van der Waals surface area contributed by atoms with Crippen LogP contribution < -0.4 is 5.32 Å². The Hall–Kier alpha value is -2.40. The summed E-state index contributed by atoms with van der Waals surface area (Å²) in [6, 6.07) is 16.6. The molecule has 2 aromatic rings. The van der Waals surface area contributed by atoms with Crippen LogP contribution in [0.5, 0.6) is 0 Å². The quantitative estimate of drug-likeness (QED) is 0.654. The van der Waals surface area contributed by atoms with E-state index < -0.39 is 11.9 Å². The highest BCUT2D eigenvalue weighted by molar-refractivity contribution is 9.10. The summed E-state index contributed by atoms with van der Waals surface area (Å²) in [5, 5.41) is 2.65. The van der Waals surface area contributed by atoms with Gasteiger partial charge in [-0.15, -0.1) is 0 Å². The summed E-state index contributed by atoms with van der Waals surface area (Å²) in [6.07, 6.45) is 2.93. The third kappa shape index (κ3) is 5.18. The highest BCUT2D eigenvalue weighted by Gasteiger charge is 2.07. The van der Waals surface area contributed by atoms with Crippen LogP contribution in [-0.2, 0) is 14.3 Å². The number of benzene rings is 2. The fourth-order valence-corrected chi connectivity index (χ4v) is 2.05. The van der Waals surface area contributed by atoms with E-state index in [1.807, 2.05) is 42.5 Å². The van der Waals surface area contributed by atoms with Gasteiger partial charge in [0.1, 0.15) is 0 Å². The van der Waals surface area contributed by atoms with Gasteiger partial charge in [0, 0.05) is 10.5 Å². The lowest BCUT2D eigenvalue weighted by atomic mass is 10.2. The molecule has 5 heteroatoms. The predicted molar refractivity (Wildman–Crippen MR) is 89.2 cm³/mol. The molecular weight excluding hydrogens is 346 g/mol. The lowest BCUT2D eigenvalue weighted by molar-refractivity contribution is -0.142. The molecule has 0 aliphatic heterocycles. The van der Waals surface area contributed by atoms with Crippen molar-refractivity contribution in [3.05, 3.63) is 70.7 Å². The molecule has 22 heavy (non-hydrogen) atoms. The zero-order valence-corrected chi connectivity index (χ0v) is 13.2. The van der Waals surface area contributed by atoms with Crippen molar-refractivity contribution in [1.82, 2.24) is 0 Å². The van der Waals surface area contributed by atoms with E-state index in [0.29, 0.717) is 5.69 Å². The fraction of sp³-hybridized carbons (Fsp3) is 0.0588. The average molecular weight is 360 g/mol. The van der Waals surface area contributed by atoms with E-state index in [1.165, 1.54) is 6.08 Å². The average Bonchev–Trinajstić information content (AvgIpc) is 2.54. The standard InChI is InChI=1S/C17H14BrNO3/c18-14-8-4-5-9-15(14)19-16(20)12-22-17(21)11-10-13-6-2-1-3-7-13/h1-11H,12H2,(H,19,20). The molecule has 112 valence electrons. The summed E-state index contributed by atoms with van der Waals surface area (Å²) in [5.74, 6) is -0.959. The maximum absolute atomic E-state index is 11.7. The summed E-state index contributed by atoms with van der Waals surface area (Å²) >= 11 is 3.32. The van der Waals surface area contributed by atoms with E-state index in [9.17, 15) is 9.59 Å². The zero-order chi connectivity index (χ0) is 15.8. The Morgan fingerprint density at radius 1 is 1.05 bits per heavy atom. The smallest absolute Gasteiger partial charge is 0.331 e. The molecular formula is C17H14BrNO3.